The zero-order valence-electron chi connectivity index (χ0n) is 10.7. The van der Waals surface area contributed by atoms with Crippen molar-refractivity contribution in [2.75, 3.05) is 12.0 Å². The van der Waals surface area contributed by atoms with Crippen LogP contribution in [0, 0.1) is 0 Å². The minimum absolute atomic E-state index is 0.0213. The van der Waals surface area contributed by atoms with Gasteiger partial charge in [-0.3, -0.25) is 10.6 Å². The number of nitrogens with two attached hydrogens (primary N) is 1. The molecule has 0 atom stereocenters. The van der Waals surface area contributed by atoms with E-state index in [9.17, 15) is 4.79 Å². The Bertz CT molecular complexity index is 398. The van der Waals surface area contributed by atoms with E-state index in [2.05, 4.69) is 10.4 Å². The van der Waals surface area contributed by atoms with Crippen LogP contribution in [0.25, 0.3) is 0 Å². The number of carbonyl (C=O) groups excluding carboxylic acids is 1. The van der Waals surface area contributed by atoms with Gasteiger partial charge in [0, 0.05) is 12.6 Å². The number of nitrogens with one attached hydrogen (secondary N) is 1. The van der Waals surface area contributed by atoms with Crippen molar-refractivity contribution >= 4 is 11.6 Å². The van der Waals surface area contributed by atoms with Crippen molar-refractivity contribution in [3.63, 3.8) is 0 Å². The Morgan fingerprint density at radius 3 is 2.72 bits per heavy atom. The molecule has 1 heterocycles. The van der Waals surface area contributed by atoms with Gasteiger partial charge in [-0.1, -0.05) is 12.8 Å². The third-order valence-corrected chi connectivity index (χ3v) is 3.52. The fraction of sp³-hybridized carbons (Fsp3) is 0.538. The Labute approximate surface area is 107 Å². The van der Waals surface area contributed by atoms with Crippen LogP contribution >= 0.6 is 0 Å². The van der Waals surface area contributed by atoms with E-state index in [1.54, 1.807) is 18.3 Å². The number of carbonyl (C=O) groups is 1. The van der Waals surface area contributed by atoms with Gasteiger partial charge in [0.15, 0.2) is 0 Å². The molecule has 5 heteroatoms. The second-order valence-corrected chi connectivity index (χ2v) is 4.61. The highest BCUT2D eigenvalue weighted by molar-refractivity contribution is 5.92. The molecule has 1 aromatic heterocycles. The lowest BCUT2D eigenvalue weighted by molar-refractivity contribution is 0.0687. The van der Waals surface area contributed by atoms with E-state index in [0.29, 0.717) is 17.4 Å². The van der Waals surface area contributed by atoms with Crippen LogP contribution in [0.1, 0.15) is 43.1 Å². The monoisotopic (exact) mass is 248 g/mol. The summed E-state index contributed by atoms with van der Waals surface area (Å²) >= 11 is 0. The smallest absolute Gasteiger partial charge is 0.272 e. The molecule has 0 spiro atoms. The number of hydrazine groups is 1. The average Bonchev–Trinajstić information content (AvgIpc) is 2.93. The predicted octanol–water partition coefficient (Wildman–Crippen LogP) is 1.77. The molecule has 1 fully saturated rings. The van der Waals surface area contributed by atoms with Gasteiger partial charge < -0.3 is 10.3 Å². The van der Waals surface area contributed by atoms with Gasteiger partial charge in [-0.2, -0.15) is 0 Å². The van der Waals surface area contributed by atoms with Gasteiger partial charge in [-0.25, -0.2) is 4.98 Å². The molecular weight excluding hydrogens is 228 g/mol. The van der Waals surface area contributed by atoms with Crippen molar-refractivity contribution in [3.05, 3.63) is 24.0 Å². The Morgan fingerprint density at radius 2 is 2.22 bits per heavy atom. The number of anilines is 1. The number of nitrogens with zero attached hydrogens (tertiary/aromatic N) is 2. The quantitative estimate of drug-likeness (QED) is 0.629. The second kappa shape index (κ2) is 5.82. The van der Waals surface area contributed by atoms with Crippen LogP contribution in [0.5, 0.6) is 0 Å². The largest absolute Gasteiger partial charge is 0.335 e. The van der Waals surface area contributed by atoms with Crippen LogP contribution in [0.3, 0.4) is 0 Å². The maximum atomic E-state index is 12.4. The Balaban J connectivity index is 2.11. The zero-order valence-corrected chi connectivity index (χ0v) is 10.7. The van der Waals surface area contributed by atoms with Gasteiger partial charge in [0.25, 0.3) is 5.91 Å². The minimum Gasteiger partial charge on any atom is -0.335 e. The van der Waals surface area contributed by atoms with E-state index in [0.717, 1.165) is 19.4 Å². The average molecular weight is 248 g/mol. The highest BCUT2D eigenvalue weighted by atomic mass is 16.2. The first-order valence-electron chi connectivity index (χ1n) is 6.50. The molecule has 2 rings (SSSR count). The lowest BCUT2D eigenvalue weighted by Gasteiger charge is -2.27. The van der Waals surface area contributed by atoms with E-state index >= 15 is 0 Å². The van der Waals surface area contributed by atoms with Crippen molar-refractivity contribution in [3.8, 4) is 0 Å². The summed E-state index contributed by atoms with van der Waals surface area (Å²) in [5.74, 6) is 5.30. The number of amides is 1. The summed E-state index contributed by atoms with van der Waals surface area (Å²) in [6, 6.07) is 3.87. The highest BCUT2D eigenvalue weighted by Gasteiger charge is 2.26. The summed E-state index contributed by atoms with van der Waals surface area (Å²) in [5, 5.41) is 0. The second-order valence-electron chi connectivity index (χ2n) is 4.61. The molecule has 5 nitrogen and oxygen atoms in total. The number of hydrogen-bond acceptors (Lipinski definition) is 4. The minimum atomic E-state index is 0.0213. The van der Waals surface area contributed by atoms with E-state index in [-0.39, 0.29) is 5.91 Å². The van der Waals surface area contributed by atoms with Crippen molar-refractivity contribution in [2.45, 2.75) is 38.6 Å². The van der Waals surface area contributed by atoms with Crippen molar-refractivity contribution in [1.29, 1.82) is 0 Å². The van der Waals surface area contributed by atoms with Gasteiger partial charge in [0.2, 0.25) is 0 Å². The topological polar surface area (TPSA) is 71.2 Å². The first-order valence-corrected chi connectivity index (χ1v) is 6.50. The molecule has 1 aromatic rings. The summed E-state index contributed by atoms with van der Waals surface area (Å²) < 4.78 is 0. The normalized spacial score (nSPS) is 15.7. The fourth-order valence-corrected chi connectivity index (χ4v) is 2.54. The standard InChI is InChI=1S/C13H20N4O/c1-2-17(11-5-3-4-6-11)13(18)12-8-7-10(16-14)9-15-12/h7-9,11,16H,2-6,14H2,1H3. The summed E-state index contributed by atoms with van der Waals surface area (Å²) in [7, 11) is 0. The van der Waals surface area contributed by atoms with Gasteiger partial charge >= 0.3 is 0 Å². The molecule has 1 aliphatic carbocycles. The summed E-state index contributed by atoms with van der Waals surface area (Å²) in [4.78, 5) is 18.5. The van der Waals surface area contributed by atoms with Crippen molar-refractivity contribution in [2.24, 2.45) is 5.84 Å². The molecule has 3 N–H and O–H groups in total. The molecule has 1 amide bonds. The van der Waals surface area contributed by atoms with Gasteiger partial charge in [-0.15, -0.1) is 0 Å². The lowest BCUT2D eigenvalue weighted by atomic mass is 10.2. The molecule has 0 bridgehead atoms. The number of nitrogen functional groups attached to an aromatic ring is 1. The first-order chi connectivity index (χ1) is 8.76. The van der Waals surface area contributed by atoms with Crippen molar-refractivity contribution < 1.29 is 4.79 Å². The van der Waals surface area contributed by atoms with E-state index < -0.39 is 0 Å². The maximum absolute atomic E-state index is 12.4. The third-order valence-electron chi connectivity index (χ3n) is 3.52. The molecule has 18 heavy (non-hydrogen) atoms. The summed E-state index contributed by atoms with van der Waals surface area (Å²) in [6.45, 7) is 2.76. The third kappa shape index (κ3) is 2.61. The molecule has 0 radical (unpaired) electrons. The number of hydrogen-bond donors (Lipinski definition) is 2. The van der Waals surface area contributed by atoms with Crippen LogP contribution in [0.15, 0.2) is 18.3 Å². The van der Waals surface area contributed by atoms with E-state index in [1.807, 2.05) is 11.8 Å². The molecule has 1 aliphatic rings. The Kier molecular flexibility index (Phi) is 4.15. The van der Waals surface area contributed by atoms with Gasteiger partial charge in [0.05, 0.1) is 11.9 Å². The molecule has 98 valence electrons. The van der Waals surface area contributed by atoms with Crippen LogP contribution in [0.2, 0.25) is 0 Å². The zero-order chi connectivity index (χ0) is 13.0. The van der Waals surface area contributed by atoms with E-state index in [4.69, 9.17) is 5.84 Å². The fourth-order valence-electron chi connectivity index (χ4n) is 2.54. The predicted molar refractivity (Wildman–Crippen MR) is 71.0 cm³/mol. The Morgan fingerprint density at radius 1 is 1.50 bits per heavy atom. The van der Waals surface area contributed by atoms with Gasteiger partial charge in [-0.05, 0) is 31.9 Å². The molecular formula is C13H20N4O. The summed E-state index contributed by atoms with van der Waals surface area (Å²) in [5.41, 5.74) is 3.70. The van der Waals surface area contributed by atoms with Crippen LogP contribution in [-0.2, 0) is 0 Å². The maximum Gasteiger partial charge on any atom is 0.272 e. The van der Waals surface area contributed by atoms with Crippen LogP contribution in [0.4, 0.5) is 5.69 Å². The molecule has 0 aliphatic heterocycles. The lowest BCUT2D eigenvalue weighted by Crippen LogP contribution is -2.39. The number of rotatable bonds is 4. The number of pyridine rings is 1. The first kappa shape index (κ1) is 12.8. The van der Waals surface area contributed by atoms with Crippen LogP contribution in [-0.4, -0.2) is 28.4 Å². The summed E-state index contributed by atoms with van der Waals surface area (Å²) in [6.07, 6.45) is 6.25. The van der Waals surface area contributed by atoms with Gasteiger partial charge in [0.1, 0.15) is 5.69 Å². The molecule has 0 aromatic carbocycles. The van der Waals surface area contributed by atoms with Crippen LogP contribution < -0.4 is 11.3 Å². The van der Waals surface area contributed by atoms with E-state index in [1.165, 1.54) is 12.8 Å². The number of aromatic nitrogens is 1. The Hall–Kier alpha value is -1.62. The van der Waals surface area contributed by atoms with Crippen molar-refractivity contribution in [1.82, 2.24) is 9.88 Å². The SMILES string of the molecule is CCN(C(=O)c1ccc(NN)cn1)C1CCCC1. The molecule has 1 saturated carbocycles. The molecule has 0 unspecified atom stereocenters. The highest BCUT2D eigenvalue weighted by Crippen LogP contribution is 2.24. The molecule has 0 saturated heterocycles.